The zero-order valence-electron chi connectivity index (χ0n) is 12.9. The topological polar surface area (TPSA) is 49.7 Å². The van der Waals surface area contributed by atoms with Crippen molar-refractivity contribution in [2.24, 2.45) is 10.4 Å². The molecule has 0 amide bonds. The van der Waals surface area contributed by atoms with Gasteiger partial charge in [-0.3, -0.25) is 9.79 Å². The van der Waals surface area contributed by atoms with E-state index in [1.165, 1.54) is 0 Å². The molecule has 0 radical (unpaired) electrons. The third-order valence-electron chi connectivity index (χ3n) is 3.32. The lowest BCUT2D eigenvalue weighted by atomic mass is 9.73. The van der Waals surface area contributed by atoms with Gasteiger partial charge in [0.2, 0.25) is 0 Å². The predicted octanol–water partition coefficient (Wildman–Crippen LogP) is 4.23. The molecule has 1 N–H and O–H groups in total. The van der Waals surface area contributed by atoms with E-state index in [4.69, 9.17) is 0 Å². The van der Waals surface area contributed by atoms with Crippen molar-refractivity contribution in [2.75, 3.05) is 0 Å². The summed E-state index contributed by atoms with van der Waals surface area (Å²) in [4.78, 5) is 16.9. The molecule has 19 heavy (non-hydrogen) atoms. The lowest BCUT2D eigenvalue weighted by Gasteiger charge is -2.31. The van der Waals surface area contributed by atoms with Gasteiger partial charge in [0.1, 0.15) is 5.76 Å². The maximum Gasteiger partial charge on any atom is 0.168 e. The molecule has 0 spiro atoms. The van der Waals surface area contributed by atoms with Crippen LogP contribution in [0.15, 0.2) is 16.3 Å². The summed E-state index contributed by atoms with van der Waals surface area (Å²) in [5.41, 5.74) is 1.24. The summed E-state index contributed by atoms with van der Waals surface area (Å²) in [5.74, 6) is 0.283. The van der Waals surface area contributed by atoms with Gasteiger partial charge >= 0.3 is 0 Å². The van der Waals surface area contributed by atoms with Crippen molar-refractivity contribution >= 4 is 11.5 Å². The summed E-state index contributed by atoms with van der Waals surface area (Å²) < 4.78 is 0. The van der Waals surface area contributed by atoms with Crippen LogP contribution in [0.3, 0.4) is 0 Å². The number of aliphatic hydroxyl groups is 1. The van der Waals surface area contributed by atoms with Crippen LogP contribution in [0.5, 0.6) is 0 Å². The number of allylic oxidation sites excluding steroid dienone is 2. The van der Waals surface area contributed by atoms with E-state index in [0.29, 0.717) is 18.4 Å². The first-order valence-corrected chi connectivity index (χ1v) is 7.29. The molecule has 3 heteroatoms. The molecule has 1 fully saturated rings. The number of aliphatic hydroxyl groups excluding tert-OH is 1. The van der Waals surface area contributed by atoms with Crippen LogP contribution in [-0.2, 0) is 4.79 Å². The van der Waals surface area contributed by atoms with E-state index < -0.39 is 0 Å². The summed E-state index contributed by atoms with van der Waals surface area (Å²) in [5, 5.41) is 10.2. The van der Waals surface area contributed by atoms with Gasteiger partial charge in [-0.25, -0.2) is 0 Å². The Hall–Kier alpha value is -1.12. The minimum atomic E-state index is -0.0562. The molecular formula is C16H27NO2. The Balaban J connectivity index is 3.14. The second-order valence-electron chi connectivity index (χ2n) is 6.54. The fraction of sp³-hybridized carbons (Fsp3) is 0.750. The van der Waals surface area contributed by atoms with Crippen molar-refractivity contribution in [1.29, 1.82) is 0 Å². The van der Waals surface area contributed by atoms with Crippen LogP contribution < -0.4 is 0 Å². The zero-order valence-corrected chi connectivity index (χ0v) is 12.9. The van der Waals surface area contributed by atoms with Crippen LogP contribution in [-0.4, -0.2) is 22.6 Å². The molecule has 1 aliphatic carbocycles. The minimum absolute atomic E-state index is 0.0456. The van der Waals surface area contributed by atoms with Crippen molar-refractivity contribution in [3.63, 3.8) is 0 Å². The molecule has 0 bridgehead atoms. The van der Waals surface area contributed by atoms with E-state index in [-0.39, 0.29) is 23.0 Å². The number of carbonyl (C=O) groups is 1. The highest BCUT2D eigenvalue weighted by Gasteiger charge is 2.36. The summed E-state index contributed by atoms with van der Waals surface area (Å²) in [6, 6.07) is 0.144. The largest absolute Gasteiger partial charge is 0.511 e. The van der Waals surface area contributed by atoms with Crippen LogP contribution in [0.1, 0.15) is 66.7 Å². The summed E-state index contributed by atoms with van der Waals surface area (Å²) in [7, 11) is 0. The SMILES string of the molecule is CCCCC(O)=C1C(=O)CC(C)(C)CC1=NC(C)C. The molecule has 108 valence electrons. The van der Waals surface area contributed by atoms with E-state index in [1.807, 2.05) is 13.8 Å². The first-order chi connectivity index (χ1) is 8.76. The number of unbranched alkanes of at least 4 members (excludes halogenated alkanes) is 1. The normalized spacial score (nSPS) is 24.1. The Bertz CT molecular complexity index is 403. The first-order valence-electron chi connectivity index (χ1n) is 7.29. The average molecular weight is 265 g/mol. The van der Waals surface area contributed by atoms with Gasteiger partial charge in [0, 0.05) is 24.6 Å². The fourth-order valence-corrected chi connectivity index (χ4v) is 2.51. The highest BCUT2D eigenvalue weighted by Crippen LogP contribution is 2.36. The molecular weight excluding hydrogens is 238 g/mol. The van der Waals surface area contributed by atoms with Crippen molar-refractivity contribution < 1.29 is 9.90 Å². The molecule has 0 saturated heterocycles. The molecule has 0 heterocycles. The van der Waals surface area contributed by atoms with Crippen LogP contribution in [0.4, 0.5) is 0 Å². The number of carbonyl (C=O) groups excluding carboxylic acids is 1. The molecule has 0 unspecified atom stereocenters. The van der Waals surface area contributed by atoms with Gasteiger partial charge in [0.15, 0.2) is 5.78 Å². The van der Waals surface area contributed by atoms with E-state index >= 15 is 0 Å². The zero-order chi connectivity index (χ0) is 14.6. The number of nitrogens with zero attached hydrogens (tertiary/aromatic N) is 1. The van der Waals surface area contributed by atoms with Gasteiger partial charge in [0.05, 0.1) is 5.57 Å². The average Bonchev–Trinajstić information content (AvgIpc) is 2.22. The Morgan fingerprint density at radius 1 is 1.37 bits per heavy atom. The monoisotopic (exact) mass is 265 g/mol. The highest BCUT2D eigenvalue weighted by molar-refractivity contribution is 6.24. The van der Waals surface area contributed by atoms with E-state index in [2.05, 4.69) is 25.8 Å². The van der Waals surface area contributed by atoms with Crippen molar-refractivity contribution in [3.8, 4) is 0 Å². The van der Waals surface area contributed by atoms with E-state index in [1.54, 1.807) is 0 Å². The van der Waals surface area contributed by atoms with Gasteiger partial charge in [-0.2, -0.15) is 0 Å². The number of ketones is 1. The first kappa shape index (κ1) is 15.9. The van der Waals surface area contributed by atoms with Crippen LogP contribution >= 0.6 is 0 Å². The van der Waals surface area contributed by atoms with E-state index in [0.717, 1.165) is 25.0 Å². The van der Waals surface area contributed by atoms with Gasteiger partial charge in [0.25, 0.3) is 0 Å². The summed E-state index contributed by atoms with van der Waals surface area (Å²) >= 11 is 0. The van der Waals surface area contributed by atoms with Gasteiger partial charge in [-0.1, -0.05) is 27.2 Å². The molecule has 1 saturated carbocycles. The molecule has 0 atom stereocenters. The predicted molar refractivity (Wildman–Crippen MR) is 79.8 cm³/mol. The second kappa shape index (κ2) is 6.36. The van der Waals surface area contributed by atoms with Gasteiger partial charge < -0.3 is 5.11 Å². The van der Waals surface area contributed by atoms with Crippen LogP contribution in [0.2, 0.25) is 0 Å². The van der Waals surface area contributed by atoms with Crippen molar-refractivity contribution in [3.05, 3.63) is 11.3 Å². The number of aliphatic imine (C=N–C) groups is 1. The molecule has 0 aromatic rings. The molecule has 0 aliphatic heterocycles. The fourth-order valence-electron chi connectivity index (χ4n) is 2.51. The quantitative estimate of drug-likeness (QED) is 0.611. The van der Waals surface area contributed by atoms with Crippen molar-refractivity contribution in [1.82, 2.24) is 0 Å². The third-order valence-corrected chi connectivity index (χ3v) is 3.32. The summed E-state index contributed by atoms with van der Waals surface area (Å²) in [6.45, 7) is 10.2. The Morgan fingerprint density at radius 2 is 2.00 bits per heavy atom. The van der Waals surface area contributed by atoms with Crippen molar-refractivity contribution in [2.45, 2.75) is 72.8 Å². The number of hydrogen-bond donors (Lipinski definition) is 1. The molecule has 0 aromatic heterocycles. The number of hydrogen-bond acceptors (Lipinski definition) is 3. The smallest absolute Gasteiger partial charge is 0.168 e. The maximum atomic E-state index is 12.3. The Kier molecular flexibility index (Phi) is 5.33. The molecule has 3 nitrogen and oxygen atoms in total. The number of rotatable bonds is 4. The lowest BCUT2D eigenvalue weighted by Crippen LogP contribution is -2.33. The second-order valence-corrected chi connectivity index (χ2v) is 6.54. The van der Waals surface area contributed by atoms with Gasteiger partial charge in [-0.15, -0.1) is 0 Å². The number of Topliss-reactive ketones (excluding diaryl/α,β-unsaturated/α-hetero) is 1. The summed E-state index contributed by atoms with van der Waals surface area (Å²) in [6.07, 6.45) is 3.75. The standard InChI is InChI=1S/C16H27NO2/c1-6-7-8-13(18)15-12(17-11(2)3)9-16(4,5)10-14(15)19/h11,18H,6-10H2,1-5H3. The lowest BCUT2D eigenvalue weighted by molar-refractivity contribution is -0.117. The molecule has 1 aliphatic rings. The highest BCUT2D eigenvalue weighted by atomic mass is 16.3. The Morgan fingerprint density at radius 3 is 2.53 bits per heavy atom. The van der Waals surface area contributed by atoms with E-state index in [9.17, 15) is 9.90 Å². The van der Waals surface area contributed by atoms with Crippen LogP contribution in [0.25, 0.3) is 0 Å². The van der Waals surface area contributed by atoms with Gasteiger partial charge in [-0.05, 0) is 32.1 Å². The minimum Gasteiger partial charge on any atom is -0.511 e. The molecule has 0 aromatic carbocycles. The Labute approximate surface area is 116 Å². The third kappa shape index (κ3) is 4.48. The molecule has 1 rings (SSSR count). The maximum absolute atomic E-state index is 12.3. The van der Waals surface area contributed by atoms with Crippen LogP contribution in [0, 0.1) is 5.41 Å².